The van der Waals surface area contributed by atoms with Crippen molar-refractivity contribution in [2.45, 2.75) is 18.9 Å². The minimum atomic E-state index is -4.84. The van der Waals surface area contributed by atoms with Gasteiger partial charge in [0.2, 0.25) is 0 Å². The molecular weight excluding hydrogens is 347 g/mol. The number of phenolic OH excluding ortho intramolecular Hbond substituents is 1. The fourth-order valence-electron chi connectivity index (χ4n) is 3.67. The van der Waals surface area contributed by atoms with E-state index in [1.807, 2.05) is 11.9 Å². The van der Waals surface area contributed by atoms with Gasteiger partial charge in [-0.2, -0.15) is 0 Å². The lowest BCUT2D eigenvalue weighted by molar-refractivity contribution is -0.274. The van der Waals surface area contributed by atoms with E-state index >= 15 is 0 Å². The smallest absolute Gasteiger partial charge is 0.508 e. The molecule has 1 fully saturated rings. The highest BCUT2D eigenvalue weighted by molar-refractivity contribution is 5.44. The Labute approximate surface area is 152 Å². The molecule has 1 unspecified atom stereocenters. The number of phenols is 1. The number of benzene rings is 2. The normalized spacial score (nSPS) is 20.5. The first-order valence-corrected chi connectivity index (χ1v) is 7.94. The van der Waals surface area contributed by atoms with Crippen LogP contribution in [0.1, 0.15) is 20.8 Å². The SMILES string of the molecule is [2H]c1ccc(O)c([2H])c1C(O)(c1ccc(OC(F)(F)F)cc1)C1(C)CN(C)C1. The number of rotatable bonds is 4. The van der Waals surface area contributed by atoms with Crippen LogP contribution in [-0.2, 0) is 5.60 Å². The van der Waals surface area contributed by atoms with Crippen LogP contribution in [-0.4, -0.2) is 41.6 Å². The van der Waals surface area contributed by atoms with Crippen molar-refractivity contribution in [3.63, 3.8) is 0 Å². The fraction of sp³-hybridized carbons (Fsp3) is 0.368. The summed E-state index contributed by atoms with van der Waals surface area (Å²) in [5.74, 6) is -0.833. The van der Waals surface area contributed by atoms with E-state index in [4.69, 9.17) is 2.74 Å². The van der Waals surface area contributed by atoms with Crippen molar-refractivity contribution in [2.24, 2.45) is 5.41 Å². The topological polar surface area (TPSA) is 52.9 Å². The van der Waals surface area contributed by atoms with Gasteiger partial charge in [-0.15, -0.1) is 13.2 Å². The van der Waals surface area contributed by atoms with Crippen molar-refractivity contribution in [2.75, 3.05) is 20.1 Å². The second-order valence-corrected chi connectivity index (χ2v) is 6.88. The molecule has 7 heteroatoms. The quantitative estimate of drug-likeness (QED) is 0.867. The Morgan fingerprint density at radius 1 is 1.15 bits per heavy atom. The lowest BCUT2D eigenvalue weighted by Crippen LogP contribution is -2.63. The number of aliphatic hydroxyl groups is 1. The zero-order chi connectivity index (χ0) is 20.9. The van der Waals surface area contributed by atoms with Gasteiger partial charge in [0, 0.05) is 18.5 Å². The Bertz CT molecular complexity index is 883. The van der Waals surface area contributed by atoms with Gasteiger partial charge in [-0.3, -0.25) is 0 Å². The molecule has 0 radical (unpaired) electrons. The second kappa shape index (κ2) is 6.17. The number of nitrogens with zero attached hydrogens (tertiary/aromatic N) is 1. The predicted octanol–water partition coefficient (Wildman–Crippen LogP) is 3.48. The Balaban J connectivity index is 2.16. The maximum Gasteiger partial charge on any atom is 0.573 e. The van der Waals surface area contributed by atoms with E-state index in [1.54, 1.807) is 6.92 Å². The highest BCUT2D eigenvalue weighted by Gasteiger charge is 2.55. The molecule has 1 aliphatic heterocycles. The Morgan fingerprint density at radius 3 is 2.31 bits per heavy atom. The molecule has 1 saturated heterocycles. The Kier molecular flexibility index (Phi) is 3.79. The molecule has 1 atom stereocenters. The first-order chi connectivity index (χ1) is 12.9. The van der Waals surface area contributed by atoms with Crippen LogP contribution >= 0.6 is 0 Å². The third-order valence-electron chi connectivity index (χ3n) is 4.70. The highest BCUT2D eigenvalue weighted by Crippen LogP contribution is 2.50. The summed E-state index contributed by atoms with van der Waals surface area (Å²) in [7, 11) is 1.84. The largest absolute Gasteiger partial charge is 0.573 e. The van der Waals surface area contributed by atoms with Crippen LogP contribution in [0.4, 0.5) is 13.2 Å². The first kappa shape index (κ1) is 16.0. The Morgan fingerprint density at radius 2 is 1.77 bits per heavy atom. The lowest BCUT2D eigenvalue weighted by atomic mass is 9.62. The van der Waals surface area contributed by atoms with Gasteiger partial charge < -0.3 is 19.8 Å². The monoisotopic (exact) mass is 369 g/mol. The maximum absolute atomic E-state index is 12.4. The molecule has 0 amide bonds. The van der Waals surface area contributed by atoms with E-state index in [0.717, 1.165) is 12.1 Å². The summed E-state index contributed by atoms with van der Waals surface area (Å²) in [6, 6.07) is 6.68. The standard InChI is InChI=1S/C19H20F3NO3/c1-17(11-23(2)12-17)18(25,14-4-3-5-15(24)10-14)13-6-8-16(9-7-13)26-19(20,21)22/h3-10,24-25H,11-12H2,1-2H3/i4D,10D. The molecule has 140 valence electrons. The molecule has 1 heterocycles. The summed E-state index contributed by atoms with van der Waals surface area (Å²) >= 11 is 0. The number of aromatic hydroxyl groups is 1. The summed E-state index contributed by atoms with van der Waals surface area (Å²) in [4.78, 5) is 1.93. The van der Waals surface area contributed by atoms with E-state index in [1.165, 1.54) is 24.3 Å². The van der Waals surface area contributed by atoms with Crippen molar-refractivity contribution >= 4 is 0 Å². The summed E-state index contributed by atoms with van der Waals surface area (Å²) in [6.07, 6.45) is -4.84. The second-order valence-electron chi connectivity index (χ2n) is 6.88. The minimum Gasteiger partial charge on any atom is -0.508 e. The molecule has 0 saturated carbocycles. The molecule has 1 aliphatic rings. The Hall–Kier alpha value is -2.25. The molecule has 0 bridgehead atoms. The van der Waals surface area contributed by atoms with Gasteiger partial charge in [-0.25, -0.2) is 0 Å². The van der Waals surface area contributed by atoms with Crippen molar-refractivity contribution in [3.05, 3.63) is 59.6 Å². The van der Waals surface area contributed by atoms with Crippen LogP contribution in [0.5, 0.6) is 11.5 Å². The predicted molar refractivity (Wildman–Crippen MR) is 89.8 cm³/mol. The molecule has 4 nitrogen and oxygen atoms in total. The number of halogens is 3. The van der Waals surface area contributed by atoms with Gasteiger partial charge in [-0.05, 0) is 42.4 Å². The molecule has 26 heavy (non-hydrogen) atoms. The molecular formula is C19H20F3NO3. The summed E-state index contributed by atoms with van der Waals surface area (Å²) in [5, 5.41) is 21.8. The van der Waals surface area contributed by atoms with Crippen LogP contribution in [0.3, 0.4) is 0 Å². The van der Waals surface area contributed by atoms with E-state index in [9.17, 15) is 23.4 Å². The molecule has 2 N–H and O–H groups in total. The molecule has 0 spiro atoms. The molecule has 2 aromatic rings. The average molecular weight is 369 g/mol. The summed E-state index contributed by atoms with van der Waals surface area (Å²) in [5.41, 5.74) is -2.57. The molecule has 0 aliphatic carbocycles. The van der Waals surface area contributed by atoms with Gasteiger partial charge in [0.05, 0.1) is 2.74 Å². The van der Waals surface area contributed by atoms with Crippen molar-refractivity contribution < 1.29 is 30.9 Å². The van der Waals surface area contributed by atoms with Gasteiger partial charge in [0.25, 0.3) is 0 Å². The van der Waals surface area contributed by atoms with E-state index in [2.05, 4.69) is 4.74 Å². The van der Waals surface area contributed by atoms with Crippen LogP contribution in [0, 0.1) is 5.41 Å². The van der Waals surface area contributed by atoms with Gasteiger partial charge in [0.15, 0.2) is 0 Å². The number of hydrogen-bond acceptors (Lipinski definition) is 4. The third kappa shape index (κ3) is 3.24. The van der Waals surface area contributed by atoms with Crippen LogP contribution in [0.15, 0.2) is 48.5 Å². The van der Waals surface area contributed by atoms with E-state index in [0.29, 0.717) is 13.1 Å². The number of likely N-dealkylation sites (tertiary alicyclic amines) is 1. The van der Waals surface area contributed by atoms with Crippen LogP contribution < -0.4 is 4.74 Å². The number of hydrogen-bond donors (Lipinski definition) is 2. The average Bonchev–Trinajstić information content (AvgIpc) is 2.56. The van der Waals surface area contributed by atoms with E-state index < -0.39 is 28.9 Å². The van der Waals surface area contributed by atoms with Crippen LogP contribution in [0.2, 0.25) is 0 Å². The first-order valence-electron chi connectivity index (χ1n) is 8.94. The van der Waals surface area contributed by atoms with E-state index in [-0.39, 0.29) is 23.2 Å². The van der Waals surface area contributed by atoms with Crippen molar-refractivity contribution in [1.29, 1.82) is 0 Å². The van der Waals surface area contributed by atoms with Gasteiger partial charge >= 0.3 is 6.36 Å². The summed E-state index contributed by atoms with van der Waals surface area (Å²) in [6.45, 7) is 2.63. The zero-order valence-corrected chi connectivity index (χ0v) is 14.3. The van der Waals surface area contributed by atoms with Gasteiger partial charge in [-0.1, -0.05) is 31.2 Å². The van der Waals surface area contributed by atoms with Crippen LogP contribution in [0.25, 0.3) is 0 Å². The van der Waals surface area contributed by atoms with Gasteiger partial charge in [0.1, 0.15) is 17.1 Å². The maximum atomic E-state index is 12.4. The highest BCUT2D eigenvalue weighted by atomic mass is 19.4. The van der Waals surface area contributed by atoms with Crippen molar-refractivity contribution in [3.8, 4) is 11.5 Å². The molecule has 0 aromatic heterocycles. The minimum absolute atomic E-state index is 0.0902. The lowest BCUT2D eigenvalue weighted by Gasteiger charge is -2.56. The molecule has 2 aromatic carbocycles. The summed E-state index contributed by atoms with van der Waals surface area (Å²) < 4.78 is 57.6. The van der Waals surface area contributed by atoms with Crippen molar-refractivity contribution in [1.82, 2.24) is 4.90 Å². The number of alkyl halides is 3. The number of ether oxygens (including phenoxy) is 1. The fourth-order valence-corrected chi connectivity index (χ4v) is 3.67. The molecule has 3 rings (SSSR count). The third-order valence-corrected chi connectivity index (χ3v) is 4.70. The zero-order valence-electron chi connectivity index (χ0n) is 16.3.